The summed E-state index contributed by atoms with van der Waals surface area (Å²) in [6, 6.07) is 0.552. The molecule has 0 bridgehead atoms. The number of rotatable bonds is 5. The Bertz CT molecular complexity index is 354. The van der Waals surface area contributed by atoms with E-state index in [9.17, 15) is 8.42 Å². The predicted octanol–water partition coefficient (Wildman–Crippen LogP) is 0.177. The lowest BCUT2D eigenvalue weighted by molar-refractivity contribution is 0.00991. The molecule has 0 radical (unpaired) electrons. The number of hydrogen-bond acceptors (Lipinski definition) is 4. The number of nitrogens with zero attached hydrogens (tertiary/aromatic N) is 1. The van der Waals surface area contributed by atoms with E-state index in [1.807, 2.05) is 6.92 Å². The fourth-order valence-electron chi connectivity index (χ4n) is 2.00. The van der Waals surface area contributed by atoms with Crippen LogP contribution in [0.1, 0.15) is 26.7 Å². The van der Waals surface area contributed by atoms with Crippen molar-refractivity contribution in [3.05, 3.63) is 0 Å². The van der Waals surface area contributed by atoms with E-state index in [2.05, 4.69) is 5.32 Å². The van der Waals surface area contributed by atoms with E-state index in [1.165, 1.54) is 12.8 Å². The number of hydrogen-bond donors (Lipinski definition) is 1. The van der Waals surface area contributed by atoms with E-state index in [1.54, 1.807) is 11.2 Å². The van der Waals surface area contributed by atoms with Gasteiger partial charge in [-0.2, -0.15) is 4.31 Å². The monoisotopic (exact) mass is 262 g/mol. The van der Waals surface area contributed by atoms with Crippen LogP contribution in [0.5, 0.6) is 0 Å². The minimum absolute atomic E-state index is 0.00196. The van der Waals surface area contributed by atoms with E-state index in [0.29, 0.717) is 32.3 Å². The zero-order valence-electron chi connectivity index (χ0n) is 10.6. The maximum absolute atomic E-state index is 12.3. The summed E-state index contributed by atoms with van der Waals surface area (Å²) in [6.45, 7) is 5.72. The molecule has 0 aromatic heterocycles. The summed E-state index contributed by atoms with van der Waals surface area (Å²) < 4.78 is 31.5. The molecule has 2 rings (SSSR count). The van der Waals surface area contributed by atoms with Crippen molar-refractivity contribution in [3.63, 3.8) is 0 Å². The number of nitrogens with one attached hydrogen (secondary N) is 1. The molecule has 6 heteroatoms. The Hall–Kier alpha value is -0.170. The first kappa shape index (κ1) is 13.3. The second kappa shape index (κ2) is 5.22. The van der Waals surface area contributed by atoms with E-state index in [-0.39, 0.29) is 11.4 Å². The number of morpholine rings is 1. The van der Waals surface area contributed by atoms with Crippen molar-refractivity contribution in [2.24, 2.45) is 0 Å². The third-order valence-corrected chi connectivity index (χ3v) is 5.58. The largest absolute Gasteiger partial charge is 0.376 e. The number of sulfonamides is 1. The van der Waals surface area contributed by atoms with Crippen LogP contribution in [0, 0.1) is 0 Å². The molecular formula is C11H22N2O3S. The van der Waals surface area contributed by atoms with E-state index < -0.39 is 10.0 Å². The first-order valence-corrected chi connectivity index (χ1v) is 7.84. The van der Waals surface area contributed by atoms with Gasteiger partial charge in [-0.15, -0.1) is 0 Å². The standard InChI is InChI=1S/C11H22N2O3S/c1-9-8-13(5-6-16-9)17(14,15)10(2)7-12-11-3-4-11/h9-12H,3-8H2,1-2H3. The molecule has 0 spiro atoms. The fraction of sp³-hybridized carbons (Fsp3) is 1.00. The topological polar surface area (TPSA) is 58.6 Å². The quantitative estimate of drug-likeness (QED) is 0.768. The third-order valence-electron chi connectivity index (χ3n) is 3.34. The smallest absolute Gasteiger partial charge is 0.218 e. The van der Waals surface area contributed by atoms with Crippen molar-refractivity contribution in [1.82, 2.24) is 9.62 Å². The maximum atomic E-state index is 12.3. The average molecular weight is 262 g/mol. The van der Waals surface area contributed by atoms with Crippen molar-refractivity contribution in [2.75, 3.05) is 26.2 Å². The van der Waals surface area contributed by atoms with Gasteiger partial charge in [0, 0.05) is 25.7 Å². The lowest BCUT2D eigenvalue weighted by atomic mass is 10.3. The van der Waals surface area contributed by atoms with Crippen LogP contribution >= 0.6 is 0 Å². The summed E-state index contributed by atoms with van der Waals surface area (Å²) in [5, 5.41) is 2.92. The van der Waals surface area contributed by atoms with Gasteiger partial charge in [0.2, 0.25) is 10.0 Å². The van der Waals surface area contributed by atoms with Gasteiger partial charge < -0.3 is 10.1 Å². The highest BCUT2D eigenvalue weighted by Crippen LogP contribution is 2.20. The first-order valence-electron chi connectivity index (χ1n) is 6.34. The summed E-state index contributed by atoms with van der Waals surface area (Å²) in [5.41, 5.74) is 0. The van der Waals surface area contributed by atoms with E-state index in [4.69, 9.17) is 4.74 Å². The predicted molar refractivity (Wildman–Crippen MR) is 66.4 cm³/mol. The summed E-state index contributed by atoms with van der Waals surface area (Å²) in [4.78, 5) is 0. The van der Waals surface area contributed by atoms with Crippen LogP contribution in [0.3, 0.4) is 0 Å². The SMILES string of the molecule is CC1CN(S(=O)(=O)C(C)CNC2CC2)CCO1. The lowest BCUT2D eigenvalue weighted by Crippen LogP contribution is -2.49. The Morgan fingerprint density at radius 1 is 1.47 bits per heavy atom. The molecule has 2 unspecified atom stereocenters. The molecule has 2 aliphatic rings. The Morgan fingerprint density at radius 2 is 2.18 bits per heavy atom. The van der Waals surface area contributed by atoms with E-state index in [0.717, 1.165) is 0 Å². The first-order chi connectivity index (χ1) is 8.00. The van der Waals surface area contributed by atoms with Crippen LogP contribution in [0.15, 0.2) is 0 Å². The van der Waals surface area contributed by atoms with Crippen LogP contribution in [0.25, 0.3) is 0 Å². The van der Waals surface area contributed by atoms with Crippen molar-refractivity contribution in [2.45, 2.75) is 44.1 Å². The zero-order chi connectivity index (χ0) is 12.5. The van der Waals surface area contributed by atoms with Crippen LogP contribution in [-0.2, 0) is 14.8 Å². The van der Waals surface area contributed by atoms with Gasteiger partial charge >= 0.3 is 0 Å². The molecule has 1 N–H and O–H groups in total. The van der Waals surface area contributed by atoms with Gasteiger partial charge in [-0.05, 0) is 26.7 Å². The minimum Gasteiger partial charge on any atom is -0.376 e. The van der Waals surface area contributed by atoms with Crippen molar-refractivity contribution >= 4 is 10.0 Å². The van der Waals surface area contributed by atoms with Gasteiger partial charge in [0.05, 0.1) is 18.0 Å². The van der Waals surface area contributed by atoms with Crippen LogP contribution in [0.2, 0.25) is 0 Å². The maximum Gasteiger partial charge on any atom is 0.218 e. The Morgan fingerprint density at radius 3 is 2.76 bits per heavy atom. The molecular weight excluding hydrogens is 240 g/mol. The van der Waals surface area contributed by atoms with Gasteiger partial charge in [-0.1, -0.05) is 0 Å². The molecule has 1 heterocycles. The van der Waals surface area contributed by atoms with Gasteiger partial charge in [0.25, 0.3) is 0 Å². The Kier molecular flexibility index (Phi) is 4.07. The highest BCUT2D eigenvalue weighted by molar-refractivity contribution is 7.89. The molecule has 0 aromatic carbocycles. The molecule has 2 atom stereocenters. The van der Waals surface area contributed by atoms with Gasteiger partial charge in [0.15, 0.2) is 0 Å². The Balaban J connectivity index is 1.90. The summed E-state index contributed by atoms with van der Waals surface area (Å²) in [7, 11) is -3.17. The fourth-order valence-corrected chi connectivity index (χ4v) is 3.56. The molecule has 2 fully saturated rings. The van der Waals surface area contributed by atoms with Crippen LogP contribution in [0.4, 0.5) is 0 Å². The van der Waals surface area contributed by atoms with Crippen molar-refractivity contribution in [3.8, 4) is 0 Å². The molecule has 1 saturated heterocycles. The molecule has 0 amide bonds. The summed E-state index contributed by atoms with van der Waals surface area (Å²) >= 11 is 0. The summed E-state index contributed by atoms with van der Waals surface area (Å²) in [5.74, 6) is 0. The van der Waals surface area contributed by atoms with Gasteiger partial charge in [-0.3, -0.25) is 0 Å². The average Bonchev–Trinajstić information content (AvgIpc) is 3.09. The highest BCUT2D eigenvalue weighted by atomic mass is 32.2. The van der Waals surface area contributed by atoms with E-state index >= 15 is 0 Å². The van der Waals surface area contributed by atoms with Crippen LogP contribution < -0.4 is 5.32 Å². The molecule has 0 aromatic rings. The molecule has 1 aliphatic heterocycles. The van der Waals surface area contributed by atoms with Crippen molar-refractivity contribution in [1.29, 1.82) is 0 Å². The van der Waals surface area contributed by atoms with Gasteiger partial charge in [0.1, 0.15) is 0 Å². The lowest BCUT2D eigenvalue weighted by Gasteiger charge is -2.32. The molecule has 5 nitrogen and oxygen atoms in total. The normalized spacial score (nSPS) is 29.2. The Labute approximate surface area is 104 Å². The van der Waals surface area contributed by atoms with Gasteiger partial charge in [-0.25, -0.2) is 8.42 Å². The second-order valence-corrected chi connectivity index (χ2v) is 7.43. The molecule has 17 heavy (non-hydrogen) atoms. The zero-order valence-corrected chi connectivity index (χ0v) is 11.4. The molecule has 1 saturated carbocycles. The minimum atomic E-state index is -3.17. The highest BCUT2D eigenvalue weighted by Gasteiger charge is 2.33. The van der Waals surface area contributed by atoms with Crippen LogP contribution in [-0.4, -0.2) is 56.4 Å². The molecule has 100 valence electrons. The molecule has 1 aliphatic carbocycles. The summed E-state index contributed by atoms with van der Waals surface area (Å²) in [6.07, 6.45) is 2.37. The number of ether oxygens (including phenoxy) is 1. The van der Waals surface area contributed by atoms with Crippen molar-refractivity contribution < 1.29 is 13.2 Å². The second-order valence-electron chi connectivity index (χ2n) is 5.08. The third kappa shape index (κ3) is 3.40.